The summed E-state index contributed by atoms with van der Waals surface area (Å²) in [4.78, 5) is 23.0. The largest absolute Gasteiger partial charge is 0.508 e. The van der Waals surface area contributed by atoms with E-state index in [1.54, 1.807) is 0 Å². The van der Waals surface area contributed by atoms with Gasteiger partial charge in [0.15, 0.2) is 0 Å². The Kier molecular flexibility index (Phi) is 6.36. The average molecular weight is 280 g/mol. The standard InChI is InChI=1S/C14H20N2O4/c1-2-3-4-13(19)15-5-6-16-14(20)10-7-11(17)9-12(18)8-10/h7-9,17-18H,2-6H2,1H3,(H,15,19)(H,16,20). The van der Waals surface area contributed by atoms with Crippen molar-refractivity contribution in [2.45, 2.75) is 26.2 Å². The van der Waals surface area contributed by atoms with Gasteiger partial charge in [0, 0.05) is 31.1 Å². The molecule has 0 spiro atoms. The van der Waals surface area contributed by atoms with Crippen LogP contribution in [0.1, 0.15) is 36.5 Å². The molecular weight excluding hydrogens is 260 g/mol. The number of hydrogen-bond acceptors (Lipinski definition) is 4. The number of nitrogens with one attached hydrogen (secondary N) is 2. The molecule has 4 N–H and O–H groups in total. The second kappa shape index (κ2) is 8.04. The molecule has 110 valence electrons. The molecular formula is C14H20N2O4. The summed E-state index contributed by atoms with van der Waals surface area (Å²) in [5, 5.41) is 23.8. The van der Waals surface area contributed by atoms with Gasteiger partial charge in [-0.2, -0.15) is 0 Å². The molecule has 0 bridgehead atoms. The van der Waals surface area contributed by atoms with Crippen LogP contribution in [-0.4, -0.2) is 35.1 Å². The second-order valence-electron chi connectivity index (χ2n) is 4.45. The molecule has 0 aliphatic heterocycles. The van der Waals surface area contributed by atoms with E-state index in [4.69, 9.17) is 0 Å². The molecule has 6 nitrogen and oxygen atoms in total. The third-order valence-electron chi connectivity index (χ3n) is 2.65. The summed E-state index contributed by atoms with van der Waals surface area (Å²) in [6.07, 6.45) is 2.30. The van der Waals surface area contributed by atoms with Gasteiger partial charge in [0.1, 0.15) is 11.5 Å². The molecule has 0 aromatic heterocycles. The van der Waals surface area contributed by atoms with Crippen LogP contribution in [0.15, 0.2) is 18.2 Å². The summed E-state index contributed by atoms with van der Waals surface area (Å²) in [5.74, 6) is -0.804. The minimum atomic E-state index is -0.418. The molecule has 0 fully saturated rings. The maximum Gasteiger partial charge on any atom is 0.251 e. The summed E-state index contributed by atoms with van der Waals surface area (Å²) in [7, 11) is 0. The summed E-state index contributed by atoms with van der Waals surface area (Å²) in [5.41, 5.74) is 0.166. The zero-order valence-corrected chi connectivity index (χ0v) is 11.5. The lowest BCUT2D eigenvalue weighted by atomic mass is 10.2. The molecule has 1 rings (SSSR count). The summed E-state index contributed by atoms with van der Waals surface area (Å²) < 4.78 is 0. The topological polar surface area (TPSA) is 98.7 Å². The van der Waals surface area contributed by atoms with Crippen molar-refractivity contribution in [2.75, 3.05) is 13.1 Å². The summed E-state index contributed by atoms with van der Waals surface area (Å²) in [6.45, 7) is 2.64. The highest BCUT2D eigenvalue weighted by atomic mass is 16.3. The fourth-order valence-corrected chi connectivity index (χ4v) is 1.63. The van der Waals surface area contributed by atoms with Crippen molar-refractivity contribution < 1.29 is 19.8 Å². The van der Waals surface area contributed by atoms with Crippen LogP contribution in [0.5, 0.6) is 11.5 Å². The molecule has 0 heterocycles. The van der Waals surface area contributed by atoms with Gasteiger partial charge in [-0.25, -0.2) is 0 Å². The number of benzene rings is 1. The molecule has 1 aromatic carbocycles. The molecule has 2 amide bonds. The Hall–Kier alpha value is -2.24. The minimum Gasteiger partial charge on any atom is -0.508 e. The van der Waals surface area contributed by atoms with E-state index in [0.717, 1.165) is 18.9 Å². The van der Waals surface area contributed by atoms with Crippen LogP contribution in [0.4, 0.5) is 0 Å². The highest BCUT2D eigenvalue weighted by molar-refractivity contribution is 5.95. The number of unbranched alkanes of at least 4 members (excludes halogenated alkanes) is 1. The summed E-state index contributed by atoms with van der Waals surface area (Å²) in [6, 6.07) is 3.66. The Morgan fingerprint density at radius 1 is 1.05 bits per heavy atom. The lowest BCUT2D eigenvalue weighted by Crippen LogP contribution is -2.34. The molecule has 0 aliphatic carbocycles. The number of carbonyl (C=O) groups excluding carboxylic acids is 2. The lowest BCUT2D eigenvalue weighted by Gasteiger charge is -2.07. The number of phenolic OH excluding ortho intramolecular Hbond substituents is 2. The first-order valence-corrected chi connectivity index (χ1v) is 6.61. The fraction of sp³-hybridized carbons (Fsp3) is 0.429. The van der Waals surface area contributed by atoms with Crippen LogP contribution in [0, 0.1) is 0 Å². The van der Waals surface area contributed by atoms with Gasteiger partial charge in [0.2, 0.25) is 5.91 Å². The average Bonchev–Trinajstić information content (AvgIpc) is 2.40. The first-order valence-electron chi connectivity index (χ1n) is 6.61. The molecule has 0 unspecified atom stereocenters. The minimum absolute atomic E-state index is 0.0314. The first-order chi connectivity index (χ1) is 9.52. The van der Waals surface area contributed by atoms with Crippen LogP contribution in [0.3, 0.4) is 0 Å². The predicted molar refractivity (Wildman–Crippen MR) is 74.6 cm³/mol. The fourth-order valence-electron chi connectivity index (χ4n) is 1.63. The number of aromatic hydroxyl groups is 2. The zero-order valence-electron chi connectivity index (χ0n) is 11.5. The molecule has 1 aromatic rings. The van der Waals surface area contributed by atoms with E-state index in [1.165, 1.54) is 12.1 Å². The number of phenols is 2. The van der Waals surface area contributed by atoms with E-state index in [9.17, 15) is 19.8 Å². The Bertz CT molecular complexity index is 454. The van der Waals surface area contributed by atoms with E-state index in [1.807, 2.05) is 6.92 Å². The second-order valence-corrected chi connectivity index (χ2v) is 4.45. The van der Waals surface area contributed by atoms with Gasteiger partial charge in [-0.05, 0) is 18.6 Å². The van der Waals surface area contributed by atoms with E-state index in [2.05, 4.69) is 10.6 Å². The Morgan fingerprint density at radius 3 is 2.25 bits per heavy atom. The monoisotopic (exact) mass is 280 g/mol. The van der Waals surface area contributed by atoms with Gasteiger partial charge in [-0.1, -0.05) is 13.3 Å². The van der Waals surface area contributed by atoms with Crippen LogP contribution in [0.2, 0.25) is 0 Å². The Labute approximate surface area is 117 Å². The smallest absolute Gasteiger partial charge is 0.251 e. The van der Waals surface area contributed by atoms with E-state index in [0.29, 0.717) is 13.0 Å². The summed E-state index contributed by atoms with van der Waals surface area (Å²) >= 11 is 0. The molecule has 0 saturated heterocycles. The van der Waals surface area contributed by atoms with Crippen molar-refractivity contribution in [1.82, 2.24) is 10.6 Å². The van der Waals surface area contributed by atoms with E-state index >= 15 is 0 Å². The van der Waals surface area contributed by atoms with Gasteiger partial charge >= 0.3 is 0 Å². The zero-order chi connectivity index (χ0) is 15.0. The van der Waals surface area contributed by atoms with Crippen LogP contribution < -0.4 is 10.6 Å². The van der Waals surface area contributed by atoms with Gasteiger partial charge in [-0.3, -0.25) is 9.59 Å². The van der Waals surface area contributed by atoms with Crippen molar-refractivity contribution >= 4 is 11.8 Å². The van der Waals surface area contributed by atoms with Crippen molar-refractivity contribution in [2.24, 2.45) is 0 Å². The van der Waals surface area contributed by atoms with Gasteiger partial charge in [0.25, 0.3) is 5.91 Å². The van der Waals surface area contributed by atoms with Crippen LogP contribution in [-0.2, 0) is 4.79 Å². The highest BCUT2D eigenvalue weighted by Gasteiger charge is 2.08. The highest BCUT2D eigenvalue weighted by Crippen LogP contribution is 2.20. The molecule has 20 heavy (non-hydrogen) atoms. The Morgan fingerprint density at radius 2 is 1.65 bits per heavy atom. The first kappa shape index (κ1) is 15.8. The SMILES string of the molecule is CCCCC(=O)NCCNC(=O)c1cc(O)cc(O)c1. The molecule has 0 aliphatic rings. The van der Waals surface area contributed by atoms with Gasteiger partial charge < -0.3 is 20.8 Å². The van der Waals surface area contributed by atoms with Crippen molar-refractivity contribution in [3.63, 3.8) is 0 Å². The van der Waals surface area contributed by atoms with Gasteiger partial charge in [-0.15, -0.1) is 0 Å². The third-order valence-corrected chi connectivity index (χ3v) is 2.65. The van der Waals surface area contributed by atoms with Crippen molar-refractivity contribution in [3.05, 3.63) is 23.8 Å². The van der Waals surface area contributed by atoms with Crippen LogP contribution in [0.25, 0.3) is 0 Å². The normalized spacial score (nSPS) is 10.1. The quantitative estimate of drug-likeness (QED) is 0.563. The molecule has 0 radical (unpaired) electrons. The predicted octanol–water partition coefficient (Wildman–Crippen LogP) is 1.13. The maximum absolute atomic E-state index is 11.7. The van der Waals surface area contributed by atoms with Crippen molar-refractivity contribution in [3.8, 4) is 11.5 Å². The van der Waals surface area contributed by atoms with E-state index in [-0.39, 0.29) is 29.5 Å². The van der Waals surface area contributed by atoms with Gasteiger partial charge in [0.05, 0.1) is 0 Å². The third kappa shape index (κ3) is 5.60. The number of hydrogen-bond donors (Lipinski definition) is 4. The number of carbonyl (C=O) groups is 2. The van der Waals surface area contributed by atoms with E-state index < -0.39 is 5.91 Å². The number of rotatable bonds is 7. The number of amides is 2. The maximum atomic E-state index is 11.7. The molecule has 0 saturated carbocycles. The molecule has 0 atom stereocenters. The van der Waals surface area contributed by atoms with Crippen LogP contribution >= 0.6 is 0 Å². The molecule has 6 heteroatoms. The Balaban J connectivity index is 2.31. The lowest BCUT2D eigenvalue weighted by molar-refractivity contribution is -0.121. The van der Waals surface area contributed by atoms with Crippen molar-refractivity contribution in [1.29, 1.82) is 0 Å².